The first-order valence-electron chi connectivity index (χ1n) is 5.99. The third-order valence-electron chi connectivity index (χ3n) is 2.55. The molecule has 8 heteroatoms. The lowest BCUT2D eigenvalue weighted by Crippen LogP contribution is -2.15. The van der Waals surface area contributed by atoms with Crippen molar-refractivity contribution in [1.82, 2.24) is 19.9 Å². The molecule has 0 amide bonds. The predicted octanol–water partition coefficient (Wildman–Crippen LogP) is 1.49. The van der Waals surface area contributed by atoms with Crippen LogP contribution in [0.1, 0.15) is 11.4 Å². The molecule has 20 heavy (non-hydrogen) atoms. The van der Waals surface area contributed by atoms with E-state index in [-0.39, 0.29) is 5.82 Å². The first kappa shape index (κ1) is 14.3. The highest BCUT2D eigenvalue weighted by atomic mass is 35.5. The van der Waals surface area contributed by atoms with E-state index in [2.05, 4.69) is 25.3 Å². The molecule has 0 bridgehead atoms. The largest absolute Gasteiger partial charge is 0.382 e. The molecular formula is C12H16ClN7. The van der Waals surface area contributed by atoms with Crippen molar-refractivity contribution in [2.75, 3.05) is 30.0 Å². The number of nitrogen functional groups attached to an aromatic ring is 1. The zero-order valence-corrected chi connectivity index (χ0v) is 12.3. The van der Waals surface area contributed by atoms with Gasteiger partial charge in [0, 0.05) is 19.8 Å². The SMILES string of the molecule is Cc1cc(CNc2ncnc(N)c2Cl)nc(N(C)C)n1. The van der Waals surface area contributed by atoms with Crippen molar-refractivity contribution in [2.24, 2.45) is 0 Å². The summed E-state index contributed by atoms with van der Waals surface area (Å²) in [5, 5.41) is 3.40. The molecule has 2 aromatic rings. The Morgan fingerprint density at radius 1 is 1.30 bits per heavy atom. The third-order valence-corrected chi connectivity index (χ3v) is 2.92. The molecule has 0 unspecified atom stereocenters. The number of nitrogens with one attached hydrogen (secondary N) is 1. The Hall–Kier alpha value is -2.15. The Labute approximate surface area is 122 Å². The highest BCUT2D eigenvalue weighted by Crippen LogP contribution is 2.23. The first-order chi connectivity index (χ1) is 9.47. The fraction of sp³-hybridized carbons (Fsp3) is 0.333. The predicted molar refractivity (Wildman–Crippen MR) is 79.9 cm³/mol. The highest BCUT2D eigenvalue weighted by Gasteiger charge is 2.08. The molecule has 0 spiro atoms. The van der Waals surface area contributed by atoms with Crippen LogP contribution >= 0.6 is 11.6 Å². The van der Waals surface area contributed by atoms with E-state index in [0.29, 0.717) is 23.3 Å². The van der Waals surface area contributed by atoms with Gasteiger partial charge < -0.3 is 16.0 Å². The molecule has 2 rings (SSSR count). The first-order valence-corrected chi connectivity index (χ1v) is 6.37. The Bertz CT molecular complexity index is 615. The summed E-state index contributed by atoms with van der Waals surface area (Å²) in [6.45, 7) is 2.40. The molecule has 106 valence electrons. The van der Waals surface area contributed by atoms with Crippen LogP contribution in [0.4, 0.5) is 17.6 Å². The lowest BCUT2D eigenvalue weighted by atomic mass is 10.3. The summed E-state index contributed by atoms with van der Waals surface area (Å²) >= 11 is 6.02. The maximum absolute atomic E-state index is 6.02. The molecule has 0 aliphatic carbocycles. The van der Waals surface area contributed by atoms with E-state index in [1.807, 2.05) is 32.0 Å². The minimum atomic E-state index is 0.247. The van der Waals surface area contributed by atoms with Crippen molar-refractivity contribution in [1.29, 1.82) is 0 Å². The number of aryl methyl sites for hydroxylation is 1. The molecule has 7 nitrogen and oxygen atoms in total. The third kappa shape index (κ3) is 3.24. The molecule has 2 heterocycles. The molecule has 0 aliphatic rings. The van der Waals surface area contributed by atoms with Crippen LogP contribution in [0.2, 0.25) is 5.02 Å². The summed E-state index contributed by atoms with van der Waals surface area (Å²) in [5.74, 6) is 1.40. The van der Waals surface area contributed by atoms with Crippen molar-refractivity contribution in [3.8, 4) is 0 Å². The number of halogens is 1. The van der Waals surface area contributed by atoms with Gasteiger partial charge in [0.25, 0.3) is 0 Å². The van der Waals surface area contributed by atoms with E-state index >= 15 is 0 Å². The van der Waals surface area contributed by atoms with E-state index in [1.54, 1.807) is 0 Å². The van der Waals surface area contributed by atoms with Crippen LogP contribution in [0.15, 0.2) is 12.4 Å². The van der Waals surface area contributed by atoms with Gasteiger partial charge in [-0.3, -0.25) is 0 Å². The molecule has 0 radical (unpaired) electrons. The van der Waals surface area contributed by atoms with Crippen LogP contribution in [0, 0.1) is 6.92 Å². The standard InChI is InChI=1S/C12H16ClN7/c1-7-4-8(19-12(18-7)20(2)3)5-15-11-9(13)10(14)16-6-17-11/h4,6H,5H2,1-3H3,(H3,14,15,16,17). The topological polar surface area (TPSA) is 92.8 Å². The monoisotopic (exact) mass is 293 g/mol. The van der Waals surface area contributed by atoms with Crippen molar-refractivity contribution in [3.63, 3.8) is 0 Å². The molecule has 2 aromatic heterocycles. The number of anilines is 3. The number of hydrogen-bond donors (Lipinski definition) is 2. The quantitative estimate of drug-likeness (QED) is 0.882. The van der Waals surface area contributed by atoms with Gasteiger partial charge in [-0.1, -0.05) is 11.6 Å². The van der Waals surface area contributed by atoms with Crippen molar-refractivity contribution in [2.45, 2.75) is 13.5 Å². The molecule has 0 aromatic carbocycles. The van der Waals surface area contributed by atoms with E-state index in [9.17, 15) is 0 Å². The van der Waals surface area contributed by atoms with Crippen LogP contribution in [-0.4, -0.2) is 34.0 Å². The van der Waals surface area contributed by atoms with E-state index in [0.717, 1.165) is 11.4 Å². The zero-order chi connectivity index (χ0) is 14.7. The van der Waals surface area contributed by atoms with Gasteiger partial charge in [0.05, 0.1) is 12.2 Å². The molecule has 0 aliphatic heterocycles. The van der Waals surface area contributed by atoms with Crippen molar-refractivity contribution in [3.05, 3.63) is 28.8 Å². The fourth-order valence-corrected chi connectivity index (χ4v) is 1.75. The van der Waals surface area contributed by atoms with Crippen LogP contribution in [0.5, 0.6) is 0 Å². The molecule has 0 saturated heterocycles. The normalized spacial score (nSPS) is 10.4. The maximum Gasteiger partial charge on any atom is 0.225 e. The van der Waals surface area contributed by atoms with Gasteiger partial charge in [0.15, 0.2) is 5.82 Å². The van der Waals surface area contributed by atoms with Gasteiger partial charge in [-0.15, -0.1) is 0 Å². The number of nitrogens with zero attached hydrogens (tertiary/aromatic N) is 5. The average molecular weight is 294 g/mol. The van der Waals surface area contributed by atoms with E-state index in [1.165, 1.54) is 6.33 Å². The van der Waals surface area contributed by atoms with Crippen molar-refractivity contribution >= 4 is 29.2 Å². The fourth-order valence-electron chi connectivity index (χ4n) is 1.59. The van der Waals surface area contributed by atoms with Gasteiger partial charge in [-0.05, 0) is 13.0 Å². The Kier molecular flexibility index (Phi) is 4.19. The zero-order valence-electron chi connectivity index (χ0n) is 11.6. The van der Waals surface area contributed by atoms with Crippen molar-refractivity contribution < 1.29 is 0 Å². The van der Waals surface area contributed by atoms with Gasteiger partial charge in [-0.2, -0.15) is 0 Å². The van der Waals surface area contributed by atoms with Crippen LogP contribution in [0.25, 0.3) is 0 Å². The second-order valence-electron chi connectivity index (χ2n) is 4.47. The van der Waals surface area contributed by atoms with Gasteiger partial charge in [-0.25, -0.2) is 19.9 Å². The Balaban J connectivity index is 2.16. The maximum atomic E-state index is 6.02. The van der Waals surface area contributed by atoms with Gasteiger partial charge >= 0.3 is 0 Å². The van der Waals surface area contributed by atoms with Gasteiger partial charge in [0.1, 0.15) is 17.2 Å². The summed E-state index contributed by atoms with van der Waals surface area (Å²) in [5.41, 5.74) is 7.36. The number of rotatable bonds is 4. The van der Waals surface area contributed by atoms with E-state index < -0.39 is 0 Å². The number of nitrogens with two attached hydrogens (primary N) is 1. The summed E-state index contributed by atoms with van der Waals surface area (Å²) < 4.78 is 0. The summed E-state index contributed by atoms with van der Waals surface area (Å²) in [6, 6.07) is 1.90. The minimum absolute atomic E-state index is 0.247. The second kappa shape index (κ2) is 5.87. The number of aromatic nitrogens is 4. The summed E-state index contributed by atoms with van der Waals surface area (Å²) in [6.07, 6.45) is 1.36. The van der Waals surface area contributed by atoms with Crippen LogP contribution in [0.3, 0.4) is 0 Å². The second-order valence-corrected chi connectivity index (χ2v) is 4.85. The highest BCUT2D eigenvalue weighted by molar-refractivity contribution is 6.35. The Morgan fingerprint density at radius 3 is 2.75 bits per heavy atom. The summed E-state index contributed by atoms with van der Waals surface area (Å²) in [4.78, 5) is 18.5. The van der Waals surface area contributed by atoms with Crippen LogP contribution < -0.4 is 16.0 Å². The van der Waals surface area contributed by atoms with Gasteiger partial charge in [0.2, 0.25) is 5.95 Å². The molecule has 0 atom stereocenters. The van der Waals surface area contributed by atoms with E-state index in [4.69, 9.17) is 17.3 Å². The smallest absolute Gasteiger partial charge is 0.225 e. The van der Waals surface area contributed by atoms with Crippen LogP contribution in [-0.2, 0) is 6.54 Å². The number of hydrogen-bond acceptors (Lipinski definition) is 7. The molecule has 3 N–H and O–H groups in total. The minimum Gasteiger partial charge on any atom is -0.382 e. The summed E-state index contributed by atoms with van der Waals surface area (Å²) in [7, 11) is 3.79. The molecule has 0 fully saturated rings. The molecular weight excluding hydrogens is 278 g/mol. The lowest BCUT2D eigenvalue weighted by molar-refractivity contribution is 0.922. The Morgan fingerprint density at radius 2 is 2.05 bits per heavy atom. The molecule has 0 saturated carbocycles. The average Bonchev–Trinajstić information content (AvgIpc) is 2.40. The lowest BCUT2D eigenvalue weighted by Gasteiger charge is -2.13.